The average molecular weight is 385 g/mol. The van der Waals surface area contributed by atoms with Gasteiger partial charge < -0.3 is 5.32 Å². The zero-order chi connectivity index (χ0) is 15.0. The molecule has 2 aromatic rings. The van der Waals surface area contributed by atoms with Crippen molar-refractivity contribution in [2.45, 2.75) is 12.8 Å². The standard InChI is InChI=1S/C16H12BrCl2NO/c17-12-5-4-9-6-11(7-10(9)8-12)16(21)20-15-13(18)2-1-3-14(15)19/h1-5,8,11H,6-7H2,(H,20,21). The van der Waals surface area contributed by atoms with Crippen LogP contribution >= 0.6 is 39.1 Å². The molecule has 0 aromatic heterocycles. The molecule has 0 radical (unpaired) electrons. The Labute approximate surface area is 141 Å². The lowest BCUT2D eigenvalue weighted by atomic mass is 10.1. The predicted octanol–water partition coefficient (Wildman–Crippen LogP) is 5.11. The lowest BCUT2D eigenvalue weighted by Crippen LogP contribution is -2.23. The lowest BCUT2D eigenvalue weighted by Gasteiger charge is -2.12. The molecule has 0 aliphatic heterocycles. The second kappa shape index (κ2) is 5.99. The number of amides is 1. The molecule has 1 atom stereocenters. The number of para-hydroxylation sites is 1. The number of anilines is 1. The molecule has 1 aliphatic rings. The van der Waals surface area contributed by atoms with E-state index in [1.54, 1.807) is 18.2 Å². The summed E-state index contributed by atoms with van der Waals surface area (Å²) in [4.78, 5) is 12.4. The number of carbonyl (C=O) groups excluding carboxylic acids is 1. The lowest BCUT2D eigenvalue weighted by molar-refractivity contribution is -0.119. The highest BCUT2D eigenvalue weighted by atomic mass is 79.9. The molecule has 108 valence electrons. The Kier molecular flexibility index (Phi) is 4.25. The SMILES string of the molecule is O=C(Nc1c(Cl)cccc1Cl)C1Cc2ccc(Br)cc2C1. The minimum atomic E-state index is -0.0818. The van der Waals surface area contributed by atoms with E-state index in [2.05, 4.69) is 33.4 Å². The number of carbonyl (C=O) groups is 1. The van der Waals surface area contributed by atoms with Crippen LogP contribution in [-0.4, -0.2) is 5.91 Å². The third-order valence-corrected chi connectivity index (χ3v) is 4.81. The summed E-state index contributed by atoms with van der Waals surface area (Å²) in [6.45, 7) is 0. The molecule has 2 nitrogen and oxygen atoms in total. The molecule has 1 unspecified atom stereocenters. The van der Waals surface area contributed by atoms with Crippen LogP contribution in [0.1, 0.15) is 11.1 Å². The first-order valence-electron chi connectivity index (χ1n) is 6.57. The zero-order valence-corrected chi connectivity index (χ0v) is 14.1. The van der Waals surface area contributed by atoms with Gasteiger partial charge in [0.1, 0.15) is 0 Å². The summed E-state index contributed by atoms with van der Waals surface area (Å²) in [7, 11) is 0. The van der Waals surface area contributed by atoms with Gasteiger partial charge in [-0.05, 0) is 48.2 Å². The molecule has 1 N–H and O–H groups in total. The Morgan fingerprint density at radius 1 is 1.10 bits per heavy atom. The summed E-state index contributed by atoms with van der Waals surface area (Å²) in [5.74, 6) is -0.126. The Morgan fingerprint density at radius 2 is 1.76 bits per heavy atom. The molecule has 2 aromatic carbocycles. The van der Waals surface area contributed by atoms with Crippen molar-refractivity contribution >= 4 is 50.7 Å². The summed E-state index contributed by atoms with van der Waals surface area (Å²) in [5, 5.41) is 3.76. The first-order valence-corrected chi connectivity index (χ1v) is 8.11. The summed E-state index contributed by atoms with van der Waals surface area (Å²) < 4.78 is 1.04. The van der Waals surface area contributed by atoms with Crippen LogP contribution in [0.5, 0.6) is 0 Å². The van der Waals surface area contributed by atoms with E-state index in [4.69, 9.17) is 23.2 Å². The van der Waals surface area contributed by atoms with Crippen molar-refractivity contribution < 1.29 is 4.79 Å². The fourth-order valence-electron chi connectivity index (χ4n) is 2.61. The molecule has 3 rings (SSSR count). The number of benzene rings is 2. The van der Waals surface area contributed by atoms with Crippen molar-refractivity contribution in [3.63, 3.8) is 0 Å². The van der Waals surface area contributed by atoms with Crippen molar-refractivity contribution in [3.8, 4) is 0 Å². The van der Waals surface area contributed by atoms with Gasteiger partial charge in [-0.25, -0.2) is 0 Å². The van der Waals surface area contributed by atoms with Crippen LogP contribution in [0.4, 0.5) is 5.69 Å². The van der Waals surface area contributed by atoms with Crippen LogP contribution in [0, 0.1) is 5.92 Å². The summed E-state index contributed by atoms with van der Waals surface area (Å²) in [6.07, 6.45) is 1.49. The number of fused-ring (bicyclic) bond motifs is 1. The maximum Gasteiger partial charge on any atom is 0.228 e. The smallest absolute Gasteiger partial charge is 0.228 e. The number of nitrogens with one attached hydrogen (secondary N) is 1. The summed E-state index contributed by atoms with van der Waals surface area (Å²) >= 11 is 15.6. The Hall–Kier alpha value is -1.03. The highest BCUT2D eigenvalue weighted by Gasteiger charge is 2.28. The number of halogens is 3. The van der Waals surface area contributed by atoms with Gasteiger partial charge >= 0.3 is 0 Å². The molecular weight excluding hydrogens is 373 g/mol. The van der Waals surface area contributed by atoms with Crippen LogP contribution in [0.15, 0.2) is 40.9 Å². The number of hydrogen-bond donors (Lipinski definition) is 1. The molecule has 1 aliphatic carbocycles. The minimum Gasteiger partial charge on any atom is -0.323 e. The first kappa shape index (κ1) is 14.9. The quantitative estimate of drug-likeness (QED) is 0.765. The average Bonchev–Trinajstić information content (AvgIpc) is 2.86. The van der Waals surface area contributed by atoms with E-state index in [-0.39, 0.29) is 11.8 Å². The van der Waals surface area contributed by atoms with E-state index in [1.165, 1.54) is 11.1 Å². The van der Waals surface area contributed by atoms with Gasteiger partial charge in [-0.15, -0.1) is 0 Å². The van der Waals surface area contributed by atoms with Gasteiger partial charge in [-0.1, -0.05) is 51.3 Å². The Balaban J connectivity index is 1.76. The topological polar surface area (TPSA) is 29.1 Å². The van der Waals surface area contributed by atoms with E-state index in [0.717, 1.165) is 17.3 Å². The minimum absolute atomic E-state index is 0.0441. The fraction of sp³-hybridized carbons (Fsp3) is 0.188. The molecule has 0 bridgehead atoms. The summed E-state index contributed by atoms with van der Waals surface area (Å²) in [6, 6.07) is 11.3. The van der Waals surface area contributed by atoms with Crippen LogP contribution in [0.2, 0.25) is 10.0 Å². The summed E-state index contributed by atoms with van der Waals surface area (Å²) in [5.41, 5.74) is 2.93. The van der Waals surface area contributed by atoms with E-state index in [1.807, 2.05) is 6.07 Å². The molecule has 0 heterocycles. The second-order valence-electron chi connectivity index (χ2n) is 5.10. The van der Waals surface area contributed by atoms with Gasteiger partial charge in [0.05, 0.1) is 15.7 Å². The van der Waals surface area contributed by atoms with Gasteiger partial charge in [0.25, 0.3) is 0 Å². The van der Waals surface area contributed by atoms with E-state index in [0.29, 0.717) is 15.7 Å². The highest BCUT2D eigenvalue weighted by Crippen LogP contribution is 2.33. The fourth-order valence-corrected chi connectivity index (χ4v) is 3.52. The third-order valence-electron chi connectivity index (χ3n) is 3.68. The van der Waals surface area contributed by atoms with Gasteiger partial charge in [-0.2, -0.15) is 0 Å². The van der Waals surface area contributed by atoms with Crippen molar-refractivity contribution in [2.75, 3.05) is 5.32 Å². The van der Waals surface area contributed by atoms with E-state index in [9.17, 15) is 4.79 Å². The highest BCUT2D eigenvalue weighted by molar-refractivity contribution is 9.10. The molecule has 0 fully saturated rings. The van der Waals surface area contributed by atoms with Crippen LogP contribution in [0.3, 0.4) is 0 Å². The molecule has 21 heavy (non-hydrogen) atoms. The molecule has 5 heteroatoms. The normalized spacial score (nSPS) is 16.6. The van der Waals surface area contributed by atoms with Gasteiger partial charge in [0.2, 0.25) is 5.91 Å². The molecule has 0 saturated carbocycles. The Morgan fingerprint density at radius 3 is 2.48 bits per heavy atom. The van der Waals surface area contributed by atoms with Crippen molar-refractivity contribution in [1.29, 1.82) is 0 Å². The monoisotopic (exact) mass is 383 g/mol. The largest absolute Gasteiger partial charge is 0.323 e. The van der Waals surface area contributed by atoms with E-state index < -0.39 is 0 Å². The molecule has 0 saturated heterocycles. The number of hydrogen-bond acceptors (Lipinski definition) is 1. The van der Waals surface area contributed by atoms with Crippen LogP contribution < -0.4 is 5.32 Å². The third kappa shape index (κ3) is 3.10. The van der Waals surface area contributed by atoms with Crippen molar-refractivity contribution in [1.82, 2.24) is 0 Å². The van der Waals surface area contributed by atoms with Crippen molar-refractivity contribution in [2.24, 2.45) is 5.92 Å². The van der Waals surface area contributed by atoms with Gasteiger partial charge in [0.15, 0.2) is 0 Å². The van der Waals surface area contributed by atoms with Gasteiger partial charge in [0, 0.05) is 10.4 Å². The Bertz CT molecular complexity index is 697. The van der Waals surface area contributed by atoms with Crippen LogP contribution in [-0.2, 0) is 17.6 Å². The first-order chi connectivity index (χ1) is 10.0. The maximum atomic E-state index is 12.4. The zero-order valence-electron chi connectivity index (χ0n) is 11.0. The maximum absolute atomic E-state index is 12.4. The van der Waals surface area contributed by atoms with E-state index >= 15 is 0 Å². The predicted molar refractivity (Wildman–Crippen MR) is 90.1 cm³/mol. The second-order valence-corrected chi connectivity index (χ2v) is 6.83. The molecule has 1 amide bonds. The molecular formula is C16H12BrCl2NO. The number of rotatable bonds is 2. The van der Waals surface area contributed by atoms with Crippen molar-refractivity contribution in [3.05, 3.63) is 62.0 Å². The van der Waals surface area contributed by atoms with Gasteiger partial charge in [-0.3, -0.25) is 4.79 Å². The molecule has 0 spiro atoms. The van der Waals surface area contributed by atoms with Crippen LogP contribution in [0.25, 0.3) is 0 Å².